The number of hydrogen-bond donors (Lipinski definition) is 1. The Morgan fingerprint density at radius 2 is 1.82 bits per heavy atom. The summed E-state index contributed by atoms with van der Waals surface area (Å²) in [4.78, 5) is 2.57. The van der Waals surface area contributed by atoms with E-state index >= 15 is 0 Å². The molecule has 2 rings (SSSR count). The first-order valence-corrected chi connectivity index (χ1v) is 6.66. The second kappa shape index (κ2) is 5.09. The third-order valence-corrected chi connectivity index (χ3v) is 3.82. The summed E-state index contributed by atoms with van der Waals surface area (Å²) < 4.78 is 0. The summed E-state index contributed by atoms with van der Waals surface area (Å²) in [6, 6.07) is 7.79. The SMILES string of the molecule is Cc1cccc(C)c1N1CCC(C)NCC1C. The Hall–Kier alpha value is -1.02. The number of benzene rings is 1. The summed E-state index contributed by atoms with van der Waals surface area (Å²) in [5.74, 6) is 0. The maximum atomic E-state index is 3.59. The van der Waals surface area contributed by atoms with Gasteiger partial charge in [-0.05, 0) is 45.2 Å². The maximum absolute atomic E-state index is 3.59. The van der Waals surface area contributed by atoms with Crippen LogP contribution in [-0.4, -0.2) is 25.2 Å². The van der Waals surface area contributed by atoms with Crippen molar-refractivity contribution in [2.75, 3.05) is 18.0 Å². The number of nitrogens with one attached hydrogen (secondary N) is 1. The van der Waals surface area contributed by atoms with Gasteiger partial charge >= 0.3 is 0 Å². The summed E-state index contributed by atoms with van der Waals surface area (Å²) in [5, 5.41) is 3.59. The minimum atomic E-state index is 0.569. The zero-order chi connectivity index (χ0) is 12.4. The molecule has 1 N–H and O–H groups in total. The lowest BCUT2D eigenvalue weighted by Crippen LogP contribution is -2.38. The average Bonchev–Trinajstić information content (AvgIpc) is 2.44. The second-order valence-corrected chi connectivity index (χ2v) is 5.38. The zero-order valence-electron chi connectivity index (χ0n) is 11.5. The van der Waals surface area contributed by atoms with Crippen LogP contribution in [-0.2, 0) is 0 Å². The van der Waals surface area contributed by atoms with E-state index in [9.17, 15) is 0 Å². The van der Waals surface area contributed by atoms with Crippen LogP contribution in [0.15, 0.2) is 18.2 Å². The van der Waals surface area contributed by atoms with Crippen LogP contribution in [0.5, 0.6) is 0 Å². The number of rotatable bonds is 1. The molecule has 1 fully saturated rings. The number of anilines is 1. The Morgan fingerprint density at radius 1 is 1.18 bits per heavy atom. The lowest BCUT2D eigenvalue weighted by molar-refractivity contribution is 0.548. The molecule has 17 heavy (non-hydrogen) atoms. The van der Waals surface area contributed by atoms with Crippen molar-refractivity contribution < 1.29 is 0 Å². The van der Waals surface area contributed by atoms with E-state index in [1.54, 1.807) is 0 Å². The summed E-state index contributed by atoms with van der Waals surface area (Å²) in [6.07, 6.45) is 1.22. The van der Waals surface area contributed by atoms with Crippen LogP contribution in [0.3, 0.4) is 0 Å². The van der Waals surface area contributed by atoms with Gasteiger partial charge in [0.25, 0.3) is 0 Å². The second-order valence-electron chi connectivity index (χ2n) is 5.38. The molecule has 1 aliphatic rings. The predicted molar refractivity (Wildman–Crippen MR) is 74.8 cm³/mol. The van der Waals surface area contributed by atoms with E-state index in [-0.39, 0.29) is 0 Å². The van der Waals surface area contributed by atoms with Gasteiger partial charge in [0.05, 0.1) is 0 Å². The summed E-state index contributed by atoms with van der Waals surface area (Å²) >= 11 is 0. The lowest BCUT2D eigenvalue weighted by Gasteiger charge is -2.32. The van der Waals surface area contributed by atoms with Gasteiger partial charge in [-0.2, -0.15) is 0 Å². The van der Waals surface area contributed by atoms with Crippen LogP contribution in [0, 0.1) is 13.8 Å². The lowest BCUT2D eigenvalue weighted by atomic mass is 10.1. The smallest absolute Gasteiger partial charge is 0.0428 e. The van der Waals surface area contributed by atoms with Crippen LogP contribution in [0.25, 0.3) is 0 Å². The van der Waals surface area contributed by atoms with Crippen molar-refractivity contribution in [1.82, 2.24) is 5.32 Å². The van der Waals surface area contributed by atoms with Crippen molar-refractivity contribution in [1.29, 1.82) is 0 Å². The Kier molecular flexibility index (Phi) is 3.72. The Bertz CT molecular complexity index is 366. The van der Waals surface area contributed by atoms with Gasteiger partial charge in [-0.3, -0.25) is 0 Å². The van der Waals surface area contributed by atoms with Crippen molar-refractivity contribution in [2.24, 2.45) is 0 Å². The Morgan fingerprint density at radius 3 is 2.47 bits per heavy atom. The van der Waals surface area contributed by atoms with Crippen LogP contribution < -0.4 is 10.2 Å². The first-order valence-electron chi connectivity index (χ1n) is 6.66. The van der Waals surface area contributed by atoms with Crippen LogP contribution in [0.1, 0.15) is 31.4 Å². The highest BCUT2D eigenvalue weighted by Crippen LogP contribution is 2.27. The molecule has 0 aromatic heterocycles. The first kappa shape index (κ1) is 12.4. The van der Waals surface area contributed by atoms with Gasteiger partial charge in [0.2, 0.25) is 0 Å². The predicted octanol–water partition coefficient (Wildman–Crippen LogP) is 2.88. The maximum Gasteiger partial charge on any atom is 0.0428 e. The van der Waals surface area contributed by atoms with Gasteiger partial charge in [0.15, 0.2) is 0 Å². The monoisotopic (exact) mass is 232 g/mol. The first-order chi connectivity index (χ1) is 8.09. The fourth-order valence-electron chi connectivity index (χ4n) is 2.73. The molecule has 2 atom stereocenters. The van der Waals surface area contributed by atoms with Crippen LogP contribution in [0.4, 0.5) is 5.69 Å². The van der Waals surface area contributed by atoms with Gasteiger partial charge < -0.3 is 10.2 Å². The van der Waals surface area contributed by atoms with Crippen molar-refractivity contribution in [3.8, 4) is 0 Å². The van der Waals surface area contributed by atoms with Crippen LogP contribution in [0.2, 0.25) is 0 Å². The van der Waals surface area contributed by atoms with Crippen molar-refractivity contribution in [2.45, 2.75) is 46.2 Å². The molecule has 0 radical (unpaired) electrons. The van der Waals surface area contributed by atoms with Crippen molar-refractivity contribution in [3.63, 3.8) is 0 Å². The number of hydrogen-bond acceptors (Lipinski definition) is 2. The van der Waals surface area contributed by atoms with E-state index in [0.717, 1.165) is 13.1 Å². The molecule has 1 heterocycles. The van der Waals surface area contributed by atoms with E-state index in [0.29, 0.717) is 12.1 Å². The minimum Gasteiger partial charge on any atom is -0.367 e. The third-order valence-electron chi connectivity index (χ3n) is 3.82. The molecule has 1 aliphatic heterocycles. The average molecular weight is 232 g/mol. The molecule has 2 nitrogen and oxygen atoms in total. The highest BCUT2D eigenvalue weighted by molar-refractivity contribution is 5.59. The van der Waals surface area contributed by atoms with E-state index < -0.39 is 0 Å². The molecule has 2 heteroatoms. The fourth-order valence-corrected chi connectivity index (χ4v) is 2.73. The van der Waals surface area contributed by atoms with Gasteiger partial charge in [-0.15, -0.1) is 0 Å². The van der Waals surface area contributed by atoms with E-state index in [4.69, 9.17) is 0 Å². The molecular formula is C15H24N2. The van der Waals surface area contributed by atoms with Crippen molar-refractivity contribution >= 4 is 5.69 Å². The van der Waals surface area contributed by atoms with E-state index in [2.05, 4.69) is 56.1 Å². The van der Waals surface area contributed by atoms with Gasteiger partial charge in [0, 0.05) is 30.9 Å². The van der Waals surface area contributed by atoms with Gasteiger partial charge in [0.1, 0.15) is 0 Å². The largest absolute Gasteiger partial charge is 0.367 e. The molecule has 1 aromatic rings. The molecule has 1 aromatic carbocycles. The number of aryl methyl sites for hydroxylation is 2. The zero-order valence-corrected chi connectivity index (χ0v) is 11.5. The Balaban J connectivity index is 2.31. The van der Waals surface area contributed by atoms with Gasteiger partial charge in [-0.25, -0.2) is 0 Å². The topological polar surface area (TPSA) is 15.3 Å². The highest BCUT2D eigenvalue weighted by atomic mass is 15.2. The third kappa shape index (κ3) is 2.63. The fraction of sp³-hybridized carbons (Fsp3) is 0.600. The molecular weight excluding hydrogens is 208 g/mol. The molecule has 94 valence electrons. The summed E-state index contributed by atoms with van der Waals surface area (Å²) in [7, 11) is 0. The summed E-state index contributed by atoms with van der Waals surface area (Å²) in [5.41, 5.74) is 4.23. The molecule has 0 bridgehead atoms. The molecule has 0 saturated carbocycles. The molecule has 1 saturated heterocycles. The Labute approximate surface area is 105 Å². The van der Waals surface area contributed by atoms with E-state index in [1.807, 2.05) is 0 Å². The molecule has 0 spiro atoms. The van der Waals surface area contributed by atoms with E-state index in [1.165, 1.54) is 23.2 Å². The normalized spacial score (nSPS) is 25.8. The number of nitrogens with zero attached hydrogens (tertiary/aromatic N) is 1. The highest BCUT2D eigenvalue weighted by Gasteiger charge is 2.22. The number of para-hydroxylation sites is 1. The standard InChI is InChI=1S/C15H24N2/c1-11-6-5-7-12(2)15(11)17-9-8-13(3)16-10-14(17)4/h5-7,13-14,16H,8-10H2,1-4H3. The molecule has 0 aliphatic carbocycles. The van der Waals surface area contributed by atoms with Crippen molar-refractivity contribution in [3.05, 3.63) is 29.3 Å². The molecule has 2 unspecified atom stereocenters. The van der Waals surface area contributed by atoms with Crippen LogP contribution >= 0.6 is 0 Å². The quantitative estimate of drug-likeness (QED) is 0.801. The summed E-state index contributed by atoms with van der Waals surface area (Å²) in [6.45, 7) is 11.3. The molecule has 0 amide bonds. The minimum absolute atomic E-state index is 0.569. The van der Waals surface area contributed by atoms with Gasteiger partial charge in [-0.1, -0.05) is 18.2 Å².